The molecule has 66 valence electrons. The summed E-state index contributed by atoms with van der Waals surface area (Å²) in [5.41, 5.74) is 0.864. The molecule has 1 nitrogen and oxygen atoms in total. The number of nitrogens with zero attached hydrogens (tertiary/aromatic N) is 1. The van der Waals surface area contributed by atoms with E-state index in [0.717, 1.165) is 15.0 Å². The third-order valence-corrected chi connectivity index (χ3v) is 3.07. The van der Waals surface area contributed by atoms with Gasteiger partial charge in [-0.1, -0.05) is 12.1 Å². The van der Waals surface area contributed by atoms with E-state index >= 15 is 0 Å². The van der Waals surface area contributed by atoms with Crippen molar-refractivity contribution in [2.75, 3.05) is 0 Å². The molecule has 1 aromatic heterocycles. The van der Waals surface area contributed by atoms with Crippen molar-refractivity contribution in [2.45, 2.75) is 0 Å². The number of aromatic nitrogens is 1. The molecular formula is C9H5BrFNS. The molecule has 0 aliphatic rings. The first-order chi connectivity index (χ1) is 6.25. The van der Waals surface area contributed by atoms with Crippen LogP contribution in [0.5, 0.6) is 0 Å². The highest BCUT2D eigenvalue weighted by atomic mass is 79.9. The molecule has 0 amide bonds. The fraction of sp³-hybridized carbons (Fsp3) is 0. The molecule has 0 atom stereocenters. The van der Waals surface area contributed by atoms with Gasteiger partial charge in [0.25, 0.3) is 0 Å². The molecule has 0 unspecified atom stereocenters. The summed E-state index contributed by atoms with van der Waals surface area (Å²) < 4.78 is 17.7. The van der Waals surface area contributed by atoms with Gasteiger partial charge in [0.15, 0.2) is 0 Å². The van der Waals surface area contributed by atoms with Crippen molar-refractivity contribution in [1.82, 2.24) is 4.37 Å². The zero-order chi connectivity index (χ0) is 9.26. The molecule has 13 heavy (non-hydrogen) atoms. The lowest BCUT2D eigenvalue weighted by Gasteiger charge is -1.94. The summed E-state index contributed by atoms with van der Waals surface area (Å²) in [5.74, 6) is -0.220. The lowest BCUT2D eigenvalue weighted by atomic mass is 10.2. The first-order valence-electron chi connectivity index (χ1n) is 3.64. The lowest BCUT2D eigenvalue weighted by Crippen LogP contribution is -1.74. The molecule has 0 saturated heterocycles. The van der Waals surface area contributed by atoms with Crippen molar-refractivity contribution in [3.05, 3.63) is 40.8 Å². The quantitative estimate of drug-likeness (QED) is 0.759. The monoisotopic (exact) mass is 257 g/mol. The molecule has 2 aromatic rings. The molecular weight excluding hydrogens is 253 g/mol. The van der Waals surface area contributed by atoms with E-state index < -0.39 is 0 Å². The number of hydrogen-bond acceptors (Lipinski definition) is 2. The maximum Gasteiger partial charge on any atom is 0.123 e. The van der Waals surface area contributed by atoms with Gasteiger partial charge < -0.3 is 0 Å². The Balaban J connectivity index is 2.46. The van der Waals surface area contributed by atoms with Gasteiger partial charge in [0.1, 0.15) is 10.4 Å². The molecule has 0 aliphatic carbocycles. The van der Waals surface area contributed by atoms with Gasteiger partial charge in [-0.05, 0) is 51.2 Å². The molecule has 2 rings (SSSR count). The Morgan fingerprint density at radius 2 is 2.15 bits per heavy atom. The normalized spacial score (nSPS) is 10.3. The van der Waals surface area contributed by atoms with Crippen LogP contribution in [0.3, 0.4) is 0 Å². The van der Waals surface area contributed by atoms with Crippen molar-refractivity contribution in [2.24, 2.45) is 0 Å². The van der Waals surface area contributed by atoms with Crippen molar-refractivity contribution < 1.29 is 4.39 Å². The van der Waals surface area contributed by atoms with E-state index in [4.69, 9.17) is 0 Å². The van der Waals surface area contributed by atoms with Crippen LogP contribution in [0.1, 0.15) is 0 Å². The number of benzene rings is 1. The second kappa shape index (κ2) is 3.55. The number of rotatable bonds is 1. The van der Waals surface area contributed by atoms with E-state index in [2.05, 4.69) is 20.3 Å². The topological polar surface area (TPSA) is 12.9 Å². The first-order valence-corrected chi connectivity index (χ1v) is 5.20. The van der Waals surface area contributed by atoms with Gasteiger partial charge in [-0.3, -0.25) is 0 Å². The average molecular weight is 258 g/mol. The van der Waals surface area contributed by atoms with Gasteiger partial charge in [0.2, 0.25) is 0 Å². The molecule has 0 spiro atoms. The van der Waals surface area contributed by atoms with Crippen LogP contribution in [0.15, 0.2) is 34.9 Å². The van der Waals surface area contributed by atoms with Gasteiger partial charge in [-0.15, -0.1) is 0 Å². The van der Waals surface area contributed by atoms with Crippen LogP contribution in [-0.4, -0.2) is 4.37 Å². The summed E-state index contributed by atoms with van der Waals surface area (Å²) in [4.78, 5) is 0.964. The van der Waals surface area contributed by atoms with Gasteiger partial charge >= 0.3 is 0 Å². The van der Waals surface area contributed by atoms with E-state index in [-0.39, 0.29) is 5.82 Å². The van der Waals surface area contributed by atoms with Gasteiger partial charge in [-0.25, -0.2) is 4.39 Å². The second-order valence-electron chi connectivity index (χ2n) is 2.52. The van der Waals surface area contributed by atoms with Crippen LogP contribution in [0.25, 0.3) is 10.4 Å². The summed E-state index contributed by atoms with van der Waals surface area (Å²) in [6.45, 7) is 0. The fourth-order valence-electron chi connectivity index (χ4n) is 1.03. The molecule has 0 fully saturated rings. The predicted molar refractivity (Wildman–Crippen MR) is 55.2 cm³/mol. The predicted octanol–water partition coefficient (Wildman–Crippen LogP) is 3.71. The Kier molecular flexibility index (Phi) is 2.42. The average Bonchev–Trinajstić information content (AvgIpc) is 2.52. The Labute approximate surface area is 87.5 Å². The van der Waals surface area contributed by atoms with Crippen molar-refractivity contribution in [1.29, 1.82) is 0 Å². The molecule has 0 aliphatic heterocycles. The Morgan fingerprint density at radius 3 is 2.77 bits per heavy atom. The maximum absolute atomic E-state index is 12.8. The van der Waals surface area contributed by atoms with Crippen LogP contribution in [0.2, 0.25) is 0 Å². The zero-order valence-electron chi connectivity index (χ0n) is 6.50. The second-order valence-corrected chi connectivity index (χ2v) is 4.14. The molecule has 1 aromatic carbocycles. The zero-order valence-corrected chi connectivity index (χ0v) is 8.90. The summed E-state index contributed by atoms with van der Waals surface area (Å²) in [6.07, 6.45) is 0. The van der Waals surface area contributed by atoms with Crippen LogP contribution in [-0.2, 0) is 0 Å². The first kappa shape index (κ1) is 8.84. The summed E-state index contributed by atoms with van der Waals surface area (Å²) >= 11 is 4.60. The molecule has 0 radical (unpaired) electrons. The molecule has 0 saturated carbocycles. The van der Waals surface area contributed by atoms with E-state index in [9.17, 15) is 4.39 Å². The minimum absolute atomic E-state index is 0.220. The van der Waals surface area contributed by atoms with Crippen LogP contribution >= 0.6 is 27.5 Å². The summed E-state index contributed by atoms with van der Waals surface area (Å²) in [7, 11) is 0. The number of hydrogen-bond donors (Lipinski definition) is 0. The summed E-state index contributed by atoms with van der Waals surface area (Å²) in [6, 6.07) is 8.36. The molecule has 0 N–H and O–H groups in total. The lowest BCUT2D eigenvalue weighted by molar-refractivity contribution is 0.628. The third-order valence-electron chi connectivity index (χ3n) is 1.59. The minimum atomic E-state index is -0.220. The minimum Gasteiger partial charge on any atom is -0.207 e. The molecule has 0 bridgehead atoms. The Bertz CT molecular complexity index is 427. The van der Waals surface area contributed by atoms with E-state index in [1.54, 1.807) is 6.07 Å². The van der Waals surface area contributed by atoms with Crippen LogP contribution in [0, 0.1) is 5.82 Å². The highest BCUT2D eigenvalue weighted by Crippen LogP contribution is 2.27. The summed E-state index contributed by atoms with van der Waals surface area (Å²) in [5, 5.41) is 0. The largest absolute Gasteiger partial charge is 0.207 e. The highest BCUT2D eigenvalue weighted by Gasteiger charge is 2.02. The van der Waals surface area contributed by atoms with E-state index in [1.165, 1.54) is 23.7 Å². The standard InChI is InChI=1S/C9H5BrFNS/c10-9-5-8(13-12-9)6-2-1-3-7(11)4-6/h1-5H. The Morgan fingerprint density at radius 1 is 1.31 bits per heavy atom. The van der Waals surface area contributed by atoms with Crippen molar-refractivity contribution in [3.8, 4) is 10.4 Å². The Hall–Kier alpha value is -0.740. The van der Waals surface area contributed by atoms with E-state index in [0.29, 0.717) is 0 Å². The van der Waals surface area contributed by atoms with Crippen molar-refractivity contribution >= 4 is 27.5 Å². The van der Waals surface area contributed by atoms with Gasteiger partial charge in [0.05, 0.1) is 4.88 Å². The molecule has 4 heteroatoms. The van der Waals surface area contributed by atoms with Gasteiger partial charge in [-0.2, -0.15) is 4.37 Å². The smallest absolute Gasteiger partial charge is 0.123 e. The highest BCUT2D eigenvalue weighted by molar-refractivity contribution is 9.10. The third kappa shape index (κ3) is 1.95. The molecule has 1 heterocycles. The van der Waals surface area contributed by atoms with Crippen molar-refractivity contribution in [3.63, 3.8) is 0 Å². The van der Waals surface area contributed by atoms with Crippen LogP contribution in [0.4, 0.5) is 4.39 Å². The van der Waals surface area contributed by atoms with Crippen LogP contribution < -0.4 is 0 Å². The van der Waals surface area contributed by atoms with Gasteiger partial charge in [0, 0.05) is 0 Å². The maximum atomic E-state index is 12.8. The van der Waals surface area contributed by atoms with E-state index in [1.807, 2.05) is 12.1 Å². The number of halogens is 2. The fourth-order valence-corrected chi connectivity index (χ4v) is 2.26. The SMILES string of the molecule is Fc1cccc(-c2cc(Br)ns2)c1.